The molecular formula is C14H12N4OS. The summed E-state index contributed by atoms with van der Waals surface area (Å²) in [5, 5.41) is 9.45. The largest absolute Gasteiger partial charge is 0.302 e. The number of anilines is 1. The Morgan fingerprint density at radius 1 is 1.30 bits per heavy atom. The number of hydrogen-bond acceptors (Lipinski definition) is 4. The topological polar surface area (TPSA) is 59.8 Å². The minimum Gasteiger partial charge on any atom is -0.302 e. The molecule has 0 atom stereocenters. The minimum absolute atomic E-state index is 0.0902. The van der Waals surface area contributed by atoms with E-state index in [1.165, 1.54) is 11.3 Å². The van der Waals surface area contributed by atoms with Crippen molar-refractivity contribution in [1.82, 2.24) is 14.8 Å². The molecule has 0 spiro atoms. The first-order valence-electron chi connectivity index (χ1n) is 6.09. The highest BCUT2D eigenvalue weighted by Crippen LogP contribution is 2.12. The maximum Gasteiger partial charge on any atom is 0.230 e. The number of hydrogen-bond donors (Lipinski definition) is 1. The first kappa shape index (κ1) is 12.6. The third-order valence-corrected chi connectivity index (χ3v) is 3.39. The minimum atomic E-state index is -0.0902. The molecule has 0 aliphatic carbocycles. The molecule has 5 nitrogen and oxygen atoms in total. The molecule has 2 aromatic heterocycles. The number of nitrogens with one attached hydrogen (secondary N) is 1. The normalized spacial score (nSPS) is 10.4. The first-order chi connectivity index (χ1) is 9.81. The Morgan fingerprint density at radius 3 is 2.90 bits per heavy atom. The predicted octanol–water partition coefficient (Wildman–Crippen LogP) is 2.51. The first-order valence-corrected chi connectivity index (χ1v) is 6.97. The fourth-order valence-corrected chi connectivity index (χ4v) is 2.35. The summed E-state index contributed by atoms with van der Waals surface area (Å²) in [5.41, 5.74) is 1.84. The van der Waals surface area contributed by atoms with E-state index in [9.17, 15) is 4.79 Å². The van der Waals surface area contributed by atoms with E-state index < -0.39 is 0 Å². The monoisotopic (exact) mass is 284 g/mol. The Morgan fingerprint density at radius 2 is 2.15 bits per heavy atom. The van der Waals surface area contributed by atoms with Gasteiger partial charge in [-0.25, -0.2) is 9.67 Å². The molecule has 6 heteroatoms. The van der Waals surface area contributed by atoms with Crippen LogP contribution in [0.3, 0.4) is 0 Å². The van der Waals surface area contributed by atoms with Crippen LogP contribution in [-0.2, 0) is 11.2 Å². The van der Waals surface area contributed by atoms with E-state index in [1.807, 2.05) is 41.9 Å². The van der Waals surface area contributed by atoms with Crippen LogP contribution < -0.4 is 5.32 Å². The van der Waals surface area contributed by atoms with Gasteiger partial charge in [-0.2, -0.15) is 5.10 Å². The standard InChI is InChI=1S/C14H12N4OS/c19-13(17-14-15-6-7-20-14)8-11-9-16-18(10-11)12-4-2-1-3-5-12/h1-7,9-10H,8H2,(H,15,17,19). The zero-order valence-corrected chi connectivity index (χ0v) is 11.4. The molecule has 100 valence electrons. The third kappa shape index (κ3) is 2.92. The van der Waals surface area contributed by atoms with Gasteiger partial charge in [0.1, 0.15) is 0 Å². The average Bonchev–Trinajstić information content (AvgIpc) is 3.11. The summed E-state index contributed by atoms with van der Waals surface area (Å²) < 4.78 is 1.76. The van der Waals surface area contributed by atoms with Gasteiger partial charge in [0.15, 0.2) is 5.13 Å². The molecule has 20 heavy (non-hydrogen) atoms. The molecule has 0 saturated carbocycles. The van der Waals surface area contributed by atoms with Gasteiger partial charge in [-0.05, 0) is 17.7 Å². The van der Waals surface area contributed by atoms with Crippen LogP contribution in [0.25, 0.3) is 5.69 Å². The molecule has 0 saturated heterocycles. The molecule has 1 N–H and O–H groups in total. The summed E-state index contributed by atoms with van der Waals surface area (Å²) in [4.78, 5) is 15.9. The van der Waals surface area contributed by atoms with Gasteiger partial charge in [0.2, 0.25) is 5.91 Å². The van der Waals surface area contributed by atoms with Crippen LogP contribution in [0, 0.1) is 0 Å². The second kappa shape index (κ2) is 5.66. The number of para-hydroxylation sites is 1. The van der Waals surface area contributed by atoms with E-state index in [0.29, 0.717) is 5.13 Å². The van der Waals surface area contributed by atoms with Gasteiger partial charge < -0.3 is 5.32 Å². The summed E-state index contributed by atoms with van der Waals surface area (Å²) in [6, 6.07) is 9.78. The molecule has 0 fully saturated rings. The second-order valence-electron chi connectivity index (χ2n) is 4.19. The highest BCUT2D eigenvalue weighted by Gasteiger charge is 2.08. The number of carbonyl (C=O) groups is 1. The fourth-order valence-electron chi connectivity index (χ4n) is 1.81. The van der Waals surface area contributed by atoms with Crippen molar-refractivity contribution in [1.29, 1.82) is 0 Å². The van der Waals surface area contributed by atoms with E-state index in [1.54, 1.807) is 17.1 Å². The molecule has 0 bridgehead atoms. The van der Waals surface area contributed by atoms with Crippen LogP contribution in [0.5, 0.6) is 0 Å². The Labute approximate surface area is 119 Å². The summed E-state index contributed by atoms with van der Waals surface area (Å²) in [6.45, 7) is 0. The van der Waals surface area contributed by atoms with Gasteiger partial charge in [0.05, 0.1) is 18.3 Å². The highest BCUT2D eigenvalue weighted by atomic mass is 32.1. The number of nitrogens with zero attached hydrogens (tertiary/aromatic N) is 3. The summed E-state index contributed by atoms with van der Waals surface area (Å²) in [7, 11) is 0. The number of benzene rings is 1. The highest BCUT2D eigenvalue weighted by molar-refractivity contribution is 7.13. The lowest BCUT2D eigenvalue weighted by atomic mass is 10.2. The van der Waals surface area contributed by atoms with Crippen molar-refractivity contribution in [3.05, 3.63) is 59.9 Å². The molecule has 2 heterocycles. The number of thiazole rings is 1. The van der Waals surface area contributed by atoms with Crippen LogP contribution in [-0.4, -0.2) is 20.7 Å². The zero-order valence-electron chi connectivity index (χ0n) is 10.6. The number of amides is 1. The van der Waals surface area contributed by atoms with Gasteiger partial charge >= 0.3 is 0 Å². The van der Waals surface area contributed by atoms with Crippen molar-refractivity contribution >= 4 is 22.4 Å². The van der Waals surface area contributed by atoms with Gasteiger partial charge in [-0.15, -0.1) is 11.3 Å². The van der Waals surface area contributed by atoms with E-state index in [0.717, 1.165) is 11.3 Å². The van der Waals surface area contributed by atoms with Gasteiger partial charge in [0, 0.05) is 17.8 Å². The van der Waals surface area contributed by atoms with Crippen molar-refractivity contribution in [3.63, 3.8) is 0 Å². The van der Waals surface area contributed by atoms with Crippen molar-refractivity contribution in [2.45, 2.75) is 6.42 Å². The van der Waals surface area contributed by atoms with Crippen LogP contribution in [0.2, 0.25) is 0 Å². The lowest BCUT2D eigenvalue weighted by Crippen LogP contribution is -2.13. The van der Waals surface area contributed by atoms with E-state index in [-0.39, 0.29) is 12.3 Å². The fraction of sp³-hybridized carbons (Fsp3) is 0.0714. The quantitative estimate of drug-likeness (QED) is 0.800. The van der Waals surface area contributed by atoms with Gasteiger partial charge in [-0.1, -0.05) is 18.2 Å². The maximum atomic E-state index is 11.8. The molecule has 0 aliphatic heterocycles. The van der Waals surface area contributed by atoms with E-state index in [4.69, 9.17) is 0 Å². The van der Waals surface area contributed by atoms with Gasteiger partial charge in [-0.3, -0.25) is 4.79 Å². The Bertz CT molecular complexity index is 691. The summed E-state index contributed by atoms with van der Waals surface area (Å²) >= 11 is 1.40. The SMILES string of the molecule is O=C(Cc1cnn(-c2ccccc2)c1)Nc1nccs1. The van der Waals surface area contributed by atoms with Crippen LogP contribution in [0.4, 0.5) is 5.13 Å². The second-order valence-corrected chi connectivity index (χ2v) is 5.09. The van der Waals surface area contributed by atoms with Crippen LogP contribution in [0.15, 0.2) is 54.3 Å². The Balaban J connectivity index is 1.67. The van der Waals surface area contributed by atoms with Crippen LogP contribution in [0.1, 0.15) is 5.56 Å². The lowest BCUT2D eigenvalue weighted by Gasteiger charge is -2.00. The molecule has 1 amide bonds. The van der Waals surface area contributed by atoms with Crippen molar-refractivity contribution < 1.29 is 4.79 Å². The number of aromatic nitrogens is 3. The summed E-state index contributed by atoms with van der Waals surface area (Å²) in [6.07, 6.45) is 5.51. The molecule has 3 aromatic rings. The average molecular weight is 284 g/mol. The molecule has 3 rings (SSSR count). The number of rotatable bonds is 4. The van der Waals surface area contributed by atoms with Crippen molar-refractivity contribution in [2.24, 2.45) is 0 Å². The Hall–Kier alpha value is -2.47. The molecule has 0 aliphatic rings. The van der Waals surface area contributed by atoms with Crippen molar-refractivity contribution in [2.75, 3.05) is 5.32 Å². The molecule has 0 unspecified atom stereocenters. The molecular weight excluding hydrogens is 272 g/mol. The van der Waals surface area contributed by atoms with E-state index >= 15 is 0 Å². The summed E-state index contributed by atoms with van der Waals surface area (Å²) in [5.74, 6) is -0.0902. The van der Waals surface area contributed by atoms with E-state index in [2.05, 4.69) is 15.4 Å². The Kier molecular flexibility index (Phi) is 3.56. The molecule has 0 radical (unpaired) electrons. The lowest BCUT2D eigenvalue weighted by molar-refractivity contribution is -0.115. The van der Waals surface area contributed by atoms with Crippen LogP contribution >= 0.6 is 11.3 Å². The third-order valence-electron chi connectivity index (χ3n) is 2.70. The molecule has 1 aromatic carbocycles. The van der Waals surface area contributed by atoms with Gasteiger partial charge in [0.25, 0.3) is 0 Å². The maximum absolute atomic E-state index is 11.8. The smallest absolute Gasteiger partial charge is 0.230 e. The van der Waals surface area contributed by atoms with Crippen molar-refractivity contribution in [3.8, 4) is 5.69 Å². The zero-order chi connectivity index (χ0) is 13.8. The number of carbonyl (C=O) groups excluding carboxylic acids is 1. The predicted molar refractivity (Wildman–Crippen MR) is 78.0 cm³/mol.